The minimum absolute atomic E-state index is 0.127. The third-order valence-electron chi connectivity index (χ3n) is 5.21. The number of aromatic nitrogens is 5. The molecule has 0 atom stereocenters. The van der Waals surface area contributed by atoms with Crippen molar-refractivity contribution in [1.82, 2.24) is 29.5 Å². The molecule has 1 fully saturated rings. The van der Waals surface area contributed by atoms with Gasteiger partial charge in [-0.05, 0) is 31.0 Å². The zero-order valence-electron chi connectivity index (χ0n) is 16.3. The van der Waals surface area contributed by atoms with Crippen LogP contribution in [-0.2, 0) is 13.6 Å². The van der Waals surface area contributed by atoms with Crippen molar-refractivity contribution in [3.8, 4) is 11.3 Å². The Balaban J connectivity index is 1.43. The lowest BCUT2D eigenvalue weighted by molar-refractivity contribution is 0.0951. The molecule has 1 aliphatic rings. The molecule has 1 saturated carbocycles. The summed E-state index contributed by atoms with van der Waals surface area (Å²) in [4.78, 5) is 21.3. The second-order valence-corrected chi connectivity index (χ2v) is 7.76. The van der Waals surface area contributed by atoms with E-state index in [4.69, 9.17) is 11.6 Å². The molecular weight excluding hydrogens is 402 g/mol. The number of rotatable bonds is 6. The molecule has 1 amide bonds. The summed E-state index contributed by atoms with van der Waals surface area (Å²) in [5.41, 5.74) is 3.98. The number of nitrogens with zero attached hydrogens (tertiary/aromatic N) is 5. The Bertz CT molecular complexity index is 1240. The smallest absolute Gasteiger partial charge is 0.253 e. The topological polar surface area (TPSA) is 89.1 Å². The van der Waals surface area contributed by atoms with Crippen molar-refractivity contribution in [2.24, 2.45) is 7.05 Å². The van der Waals surface area contributed by atoms with Gasteiger partial charge in [0.15, 0.2) is 11.5 Å². The van der Waals surface area contributed by atoms with E-state index in [1.54, 1.807) is 30.7 Å². The summed E-state index contributed by atoms with van der Waals surface area (Å²) in [5.74, 6) is 0.550. The van der Waals surface area contributed by atoms with Gasteiger partial charge in [0.2, 0.25) is 0 Å². The van der Waals surface area contributed by atoms with Crippen molar-refractivity contribution >= 4 is 29.0 Å². The monoisotopic (exact) mass is 421 g/mol. The van der Waals surface area contributed by atoms with E-state index in [0.29, 0.717) is 28.6 Å². The number of aryl methyl sites for hydroxylation is 1. The molecule has 1 aliphatic carbocycles. The van der Waals surface area contributed by atoms with Crippen molar-refractivity contribution in [3.05, 3.63) is 65.3 Å². The summed E-state index contributed by atoms with van der Waals surface area (Å²) in [6.45, 7) is 0.585. The average molecular weight is 422 g/mol. The van der Waals surface area contributed by atoms with Gasteiger partial charge in [-0.1, -0.05) is 17.7 Å². The number of halogens is 1. The van der Waals surface area contributed by atoms with Gasteiger partial charge in [0.05, 0.1) is 34.7 Å². The van der Waals surface area contributed by atoms with Gasteiger partial charge < -0.3 is 10.6 Å². The molecule has 0 unspecified atom stereocenters. The maximum absolute atomic E-state index is 12.3. The average Bonchev–Trinajstić information content (AvgIpc) is 3.28. The summed E-state index contributed by atoms with van der Waals surface area (Å²) in [6, 6.07) is 7.69. The van der Waals surface area contributed by atoms with Crippen molar-refractivity contribution in [2.45, 2.75) is 25.4 Å². The Labute approximate surface area is 177 Å². The largest absolute Gasteiger partial charge is 0.361 e. The second kappa shape index (κ2) is 7.46. The van der Waals surface area contributed by atoms with E-state index in [0.717, 1.165) is 29.8 Å². The molecule has 9 heteroatoms. The van der Waals surface area contributed by atoms with Crippen LogP contribution in [0.4, 0.5) is 5.82 Å². The maximum atomic E-state index is 12.3. The lowest BCUT2D eigenvalue weighted by Crippen LogP contribution is -2.25. The Morgan fingerprint density at radius 2 is 2.10 bits per heavy atom. The molecule has 2 N–H and O–H groups in total. The Kier molecular flexibility index (Phi) is 4.63. The van der Waals surface area contributed by atoms with Crippen LogP contribution in [0.25, 0.3) is 16.9 Å². The van der Waals surface area contributed by atoms with Gasteiger partial charge in [-0.25, -0.2) is 9.97 Å². The first-order valence-corrected chi connectivity index (χ1v) is 10.1. The minimum Gasteiger partial charge on any atom is -0.361 e. The van der Waals surface area contributed by atoms with Crippen LogP contribution in [0.5, 0.6) is 0 Å². The van der Waals surface area contributed by atoms with Gasteiger partial charge in [-0.2, -0.15) is 5.10 Å². The molecule has 0 spiro atoms. The van der Waals surface area contributed by atoms with Crippen molar-refractivity contribution in [1.29, 1.82) is 0 Å². The number of anilines is 1. The third-order valence-corrected chi connectivity index (χ3v) is 5.52. The third kappa shape index (κ3) is 3.50. The van der Waals surface area contributed by atoms with E-state index < -0.39 is 0 Å². The molecule has 0 radical (unpaired) electrons. The summed E-state index contributed by atoms with van der Waals surface area (Å²) >= 11 is 6.43. The summed E-state index contributed by atoms with van der Waals surface area (Å²) in [5, 5.41) is 10.9. The van der Waals surface area contributed by atoms with Crippen LogP contribution >= 0.6 is 11.6 Å². The predicted octanol–water partition coefficient (Wildman–Crippen LogP) is 3.29. The number of imidazole rings is 1. The molecule has 0 aliphatic heterocycles. The molecule has 1 aromatic carbocycles. The van der Waals surface area contributed by atoms with Gasteiger partial charge in [0, 0.05) is 37.2 Å². The molecule has 8 nitrogen and oxygen atoms in total. The normalized spacial score (nSPS) is 13.5. The van der Waals surface area contributed by atoms with Crippen molar-refractivity contribution in [3.63, 3.8) is 0 Å². The van der Waals surface area contributed by atoms with Crippen LogP contribution in [0.2, 0.25) is 5.02 Å². The lowest BCUT2D eigenvalue weighted by atomic mass is 10.1. The maximum Gasteiger partial charge on any atom is 0.253 e. The highest BCUT2D eigenvalue weighted by atomic mass is 35.5. The number of benzene rings is 1. The van der Waals surface area contributed by atoms with Crippen molar-refractivity contribution in [2.75, 3.05) is 5.32 Å². The van der Waals surface area contributed by atoms with Crippen molar-refractivity contribution < 1.29 is 4.79 Å². The first-order chi connectivity index (χ1) is 14.6. The quantitative estimate of drug-likeness (QED) is 0.498. The molecule has 3 heterocycles. The fraction of sp³-hybridized carbons (Fsp3) is 0.238. The Morgan fingerprint density at radius 1 is 1.23 bits per heavy atom. The highest BCUT2D eigenvalue weighted by molar-refractivity contribution is 6.34. The van der Waals surface area contributed by atoms with Crippen LogP contribution in [0.15, 0.2) is 49.1 Å². The van der Waals surface area contributed by atoms with Crippen LogP contribution in [0.3, 0.4) is 0 Å². The minimum atomic E-state index is -0.127. The van der Waals surface area contributed by atoms with Crippen LogP contribution in [-0.4, -0.2) is 36.1 Å². The van der Waals surface area contributed by atoms with Crippen LogP contribution < -0.4 is 10.6 Å². The number of hydrogen-bond donors (Lipinski definition) is 2. The first-order valence-electron chi connectivity index (χ1n) is 9.74. The number of carbonyl (C=O) groups excluding carboxylic acids is 1. The molecule has 4 aromatic rings. The van der Waals surface area contributed by atoms with Gasteiger partial charge in [-0.3, -0.25) is 13.9 Å². The van der Waals surface area contributed by atoms with E-state index in [2.05, 4.69) is 25.7 Å². The number of hydrogen-bond acceptors (Lipinski definition) is 5. The zero-order valence-corrected chi connectivity index (χ0v) is 17.1. The van der Waals surface area contributed by atoms with Gasteiger partial charge >= 0.3 is 0 Å². The molecule has 152 valence electrons. The number of amides is 1. The second-order valence-electron chi connectivity index (χ2n) is 7.35. The summed E-state index contributed by atoms with van der Waals surface area (Å²) in [7, 11) is 1.90. The fourth-order valence-electron chi connectivity index (χ4n) is 3.36. The van der Waals surface area contributed by atoms with Crippen LogP contribution in [0, 0.1) is 0 Å². The van der Waals surface area contributed by atoms with Crippen LogP contribution in [0.1, 0.15) is 28.9 Å². The van der Waals surface area contributed by atoms with E-state index in [1.165, 1.54) is 0 Å². The number of nitrogens with one attached hydrogen (secondary N) is 2. The van der Waals surface area contributed by atoms with E-state index in [9.17, 15) is 4.79 Å². The fourth-order valence-corrected chi connectivity index (χ4v) is 3.62. The highest BCUT2D eigenvalue weighted by Crippen LogP contribution is 2.28. The van der Waals surface area contributed by atoms with E-state index >= 15 is 0 Å². The van der Waals surface area contributed by atoms with E-state index in [-0.39, 0.29) is 11.9 Å². The summed E-state index contributed by atoms with van der Waals surface area (Å²) < 4.78 is 3.77. The molecular formula is C21H20ClN7O. The number of carbonyl (C=O) groups is 1. The highest BCUT2D eigenvalue weighted by Gasteiger charge is 2.25. The van der Waals surface area contributed by atoms with Gasteiger partial charge in [-0.15, -0.1) is 0 Å². The molecule has 5 rings (SSSR count). The van der Waals surface area contributed by atoms with Gasteiger partial charge in [0.25, 0.3) is 5.91 Å². The number of fused-ring (bicyclic) bond motifs is 1. The molecule has 0 bridgehead atoms. The Morgan fingerprint density at radius 3 is 2.83 bits per heavy atom. The zero-order chi connectivity index (χ0) is 20.7. The predicted molar refractivity (Wildman–Crippen MR) is 114 cm³/mol. The SMILES string of the molecule is Cn1nccc1CNc1nccn2c(-c3ccc(C(=O)NC4CC4)c(Cl)c3)cnc12. The molecule has 3 aromatic heterocycles. The summed E-state index contributed by atoms with van der Waals surface area (Å²) in [6.07, 6.45) is 9.19. The molecule has 0 saturated heterocycles. The van der Waals surface area contributed by atoms with E-state index in [1.807, 2.05) is 34.5 Å². The first kappa shape index (κ1) is 18.6. The lowest BCUT2D eigenvalue weighted by Gasteiger charge is -2.09. The standard InChI is InChI=1S/C21H20ClN7O/c1-28-15(6-7-26-28)11-24-19-20-25-12-18(29(20)9-8-23-19)13-2-5-16(17(22)10-13)21(30)27-14-3-4-14/h2,5-10,12,14H,3-4,11H2,1H3,(H,23,24)(H,27,30). The molecule has 30 heavy (non-hydrogen) atoms. The van der Waals surface area contributed by atoms with Gasteiger partial charge in [0.1, 0.15) is 0 Å². The Hall–Kier alpha value is -3.39.